The van der Waals surface area contributed by atoms with Gasteiger partial charge in [-0.15, -0.1) is 0 Å². The summed E-state index contributed by atoms with van der Waals surface area (Å²) in [5.41, 5.74) is 2.32. The van der Waals surface area contributed by atoms with Gasteiger partial charge in [-0.3, -0.25) is 9.59 Å². The Hall–Kier alpha value is -2.04. The second-order valence-corrected chi connectivity index (χ2v) is 5.84. The zero-order chi connectivity index (χ0) is 16.8. The van der Waals surface area contributed by atoms with E-state index in [9.17, 15) is 9.59 Å². The molecule has 120 valence electrons. The minimum atomic E-state index is -0.460. The number of ether oxygens (including phenoxy) is 1. The number of hydrogen-bond acceptors (Lipinski definition) is 3. The van der Waals surface area contributed by atoms with Gasteiger partial charge in [0.15, 0.2) is 6.61 Å². The van der Waals surface area contributed by atoms with Gasteiger partial charge in [-0.1, -0.05) is 47.5 Å². The van der Waals surface area contributed by atoms with Crippen molar-refractivity contribution < 1.29 is 14.3 Å². The van der Waals surface area contributed by atoms with E-state index in [-0.39, 0.29) is 13.0 Å². The number of esters is 1. The lowest BCUT2D eigenvalue weighted by Crippen LogP contribution is -2.21. The smallest absolute Gasteiger partial charge is 0.310 e. The van der Waals surface area contributed by atoms with Crippen molar-refractivity contribution in [3.8, 4) is 0 Å². The Morgan fingerprint density at radius 3 is 2.39 bits per heavy atom. The highest BCUT2D eigenvalue weighted by molar-refractivity contribution is 6.35. The van der Waals surface area contributed by atoms with Crippen LogP contribution < -0.4 is 5.32 Å². The molecule has 1 N–H and O–H groups in total. The lowest BCUT2D eigenvalue weighted by molar-refractivity contribution is -0.146. The van der Waals surface area contributed by atoms with E-state index < -0.39 is 11.9 Å². The van der Waals surface area contributed by atoms with E-state index in [0.717, 1.165) is 11.1 Å². The molecule has 0 unspecified atom stereocenters. The molecule has 2 aromatic rings. The maximum atomic E-state index is 11.8. The first kappa shape index (κ1) is 17.3. The second-order valence-electron chi connectivity index (χ2n) is 4.97. The Morgan fingerprint density at radius 2 is 1.74 bits per heavy atom. The third-order valence-electron chi connectivity index (χ3n) is 3.11. The number of benzene rings is 2. The highest BCUT2D eigenvalue weighted by Gasteiger charge is 2.10. The number of carbonyl (C=O) groups excluding carboxylic acids is 2. The third kappa shape index (κ3) is 5.58. The molecule has 0 radical (unpaired) electrons. The molecule has 0 fully saturated rings. The van der Waals surface area contributed by atoms with Crippen LogP contribution in [0.3, 0.4) is 0 Å². The number of rotatable bonds is 5. The normalized spacial score (nSPS) is 10.2. The zero-order valence-corrected chi connectivity index (χ0v) is 13.9. The molecule has 6 heteroatoms. The van der Waals surface area contributed by atoms with Crippen LogP contribution in [0, 0.1) is 6.92 Å². The van der Waals surface area contributed by atoms with Crippen LogP contribution in [0.15, 0.2) is 42.5 Å². The summed E-state index contributed by atoms with van der Waals surface area (Å²) in [5, 5.41) is 3.38. The molecule has 2 rings (SSSR count). The summed E-state index contributed by atoms with van der Waals surface area (Å²) in [6.45, 7) is 1.55. The van der Waals surface area contributed by atoms with Gasteiger partial charge in [0.05, 0.1) is 6.42 Å². The molecular formula is C17H15Cl2NO3. The Bertz CT molecular complexity index is 711. The number of amides is 1. The SMILES string of the molecule is Cc1ccccc1CC(=O)OCC(=O)Nc1cc(Cl)cc(Cl)c1. The van der Waals surface area contributed by atoms with Gasteiger partial charge in [0.25, 0.3) is 5.91 Å². The standard InChI is InChI=1S/C17H15Cl2NO3/c1-11-4-2-3-5-12(11)6-17(22)23-10-16(21)20-15-8-13(18)7-14(19)9-15/h2-5,7-9H,6,10H2,1H3,(H,20,21). The van der Waals surface area contributed by atoms with Crippen LogP contribution in [0.25, 0.3) is 0 Å². The van der Waals surface area contributed by atoms with Gasteiger partial charge in [0.1, 0.15) is 0 Å². The van der Waals surface area contributed by atoms with Crippen molar-refractivity contribution in [2.75, 3.05) is 11.9 Å². The van der Waals surface area contributed by atoms with Crippen molar-refractivity contribution in [2.24, 2.45) is 0 Å². The Balaban J connectivity index is 1.84. The van der Waals surface area contributed by atoms with Crippen LogP contribution in [0.1, 0.15) is 11.1 Å². The van der Waals surface area contributed by atoms with E-state index in [1.165, 1.54) is 0 Å². The zero-order valence-electron chi connectivity index (χ0n) is 12.4. The average Bonchev–Trinajstić information content (AvgIpc) is 2.46. The summed E-state index contributed by atoms with van der Waals surface area (Å²) in [7, 11) is 0. The summed E-state index contributed by atoms with van der Waals surface area (Å²) < 4.78 is 4.98. The molecule has 0 spiro atoms. The molecule has 0 bridgehead atoms. The van der Waals surface area contributed by atoms with Gasteiger partial charge < -0.3 is 10.1 Å². The van der Waals surface area contributed by atoms with Gasteiger partial charge in [-0.2, -0.15) is 0 Å². The Morgan fingerprint density at radius 1 is 1.09 bits per heavy atom. The molecule has 0 aliphatic heterocycles. The van der Waals surface area contributed by atoms with Gasteiger partial charge in [0, 0.05) is 15.7 Å². The highest BCUT2D eigenvalue weighted by Crippen LogP contribution is 2.22. The molecule has 4 nitrogen and oxygen atoms in total. The number of halogens is 2. The monoisotopic (exact) mass is 351 g/mol. The van der Waals surface area contributed by atoms with Crippen molar-refractivity contribution in [2.45, 2.75) is 13.3 Å². The van der Waals surface area contributed by atoms with Gasteiger partial charge in [-0.25, -0.2) is 0 Å². The lowest BCUT2D eigenvalue weighted by Gasteiger charge is -2.08. The van der Waals surface area contributed by atoms with Crippen molar-refractivity contribution >= 4 is 40.8 Å². The minimum Gasteiger partial charge on any atom is -0.455 e. The predicted molar refractivity (Wildman–Crippen MR) is 90.9 cm³/mol. The lowest BCUT2D eigenvalue weighted by atomic mass is 10.1. The summed E-state index contributed by atoms with van der Waals surface area (Å²) in [6.07, 6.45) is 0.128. The predicted octanol–water partition coefficient (Wildman–Crippen LogP) is 4.03. The first-order valence-electron chi connectivity index (χ1n) is 6.90. The molecule has 2 aromatic carbocycles. The molecule has 0 aliphatic rings. The topological polar surface area (TPSA) is 55.4 Å². The van der Waals surface area contributed by atoms with Crippen LogP contribution in [0.5, 0.6) is 0 Å². The van der Waals surface area contributed by atoms with Crippen LogP contribution in [0.4, 0.5) is 5.69 Å². The Kier molecular flexibility index (Phi) is 6.02. The maximum absolute atomic E-state index is 11.8. The van der Waals surface area contributed by atoms with E-state index in [4.69, 9.17) is 27.9 Å². The fourth-order valence-corrected chi connectivity index (χ4v) is 2.51. The largest absolute Gasteiger partial charge is 0.455 e. The van der Waals surface area contributed by atoms with E-state index >= 15 is 0 Å². The Labute approximate surface area is 144 Å². The number of carbonyl (C=O) groups is 2. The number of aryl methyl sites for hydroxylation is 1. The van der Waals surface area contributed by atoms with Crippen LogP contribution in [-0.2, 0) is 20.7 Å². The number of hydrogen-bond donors (Lipinski definition) is 1. The van der Waals surface area contributed by atoms with Gasteiger partial charge >= 0.3 is 5.97 Å². The van der Waals surface area contributed by atoms with E-state index in [1.54, 1.807) is 18.2 Å². The van der Waals surface area contributed by atoms with Crippen LogP contribution in [0.2, 0.25) is 10.0 Å². The fourth-order valence-electron chi connectivity index (χ4n) is 1.98. The fraction of sp³-hybridized carbons (Fsp3) is 0.176. The molecular weight excluding hydrogens is 337 g/mol. The molecule has 0 aromatic heterocycles. The summed E-state index contributed by atoms with van der Waals surface area (Å²) in [5.74, 6) is -0.917. The van der Waals surface area contributed by atoms with Gasteiger partial charge in [-0.05, 0) is 36.2 Å². The van der Waals surface area contributed by atoms with Crippen molar-refractivity contribution in [3.63, 3.8) is 0 Å². The summed E-state index contributed by atoms with van der Waals surface area (Å²) >= 11 is 11.7. The van der Waals surface area contributed by atoms with Crippen LogP contribution >= 0.6 is 23.2 Å². The molecule has 0 aliphatic carbocycles. The molecule has 23 heavy (non-hydrogen) atoms. The number of nitrogens with one attached hydrogen (secondary N) is 1. The summed E-state index contributed by atoms with van der Waals surface area (Å²) in [6, 6.07) is 12.2. The third-order valence-corrected chi connectivity index (χ3v) is 3.54. The second kappa shape index (κ2) is 7.99. The minimum absolute atomic E-state index is 0.128. The molecule has 0 saturated heterocycles. The first-order valence-corrected chi connectivity index (χ1v) is 7.66. The highest BCUT2D eigenvalue weighted by atomic mass is 35.5. The van der Waals surface area contributed by atoms with Crippen molar-refractivity contribution in [3.05, 3.63) is 63.6 Å². The van der Waals surface area contributed by atoms with E-state index in [1.807, 2.05) is 31.2 Å². The quantitative estimate of drug-likeness (QED) is 0.827. The van der Waals surface area contributed by atoms with E-state index in [0.29, 0.717) is 15.7 Å². The number of anilines is 1. The molecule has 0 heterocycles. The van der Waals surface area contributed by atoms with Gasteiger partial charge in [0.2, 0.25) is 0 Å². The molecule has 0 saturated carbocycles. The van der Waals surface area contributed by atoms with E-state index in [2.05, 4.69) is 5.32 Å². The van der Waals surface area contributed by atoms with Crippen molar-refractivity contribution in [1.29, 1.82) is 0 Å². The van der Waals surface area contributed by atoms with Crippen LogP contribution in [-0.4, -0.2) is 18.5 Å². The summed E-state index contributed by atoms with van der Waals surface area (Å²) in [4.78, 5) is 23.6. The molecule has 1 amide bonds. The van der Waals surface area contributed by atoms with Crippen molar-refractivity contribution in [1.82, 2.24) is 0 Å². The average molecular weight is 352 g/mol. The maximum Gasteiger partial charge on any atom is 0.310 e. The molecule has 0 atom stereocenters. The first-order chi connectivity index (χ1) is 10.9.